The molecule has 2 aliphatic rings. The van der Waals surface area contributed by atoms with Gasteiger partial charge in [-0.1, -0.05) is 0 Å². The Kier molecular flexibility index (Phi) is 4.22. The third-order valence-electron chi connectivity index (χ3n) is 5.22. The molecule has 1 saturated heterocycles. The summed E-state index contributed by atoms with van der Waals surface area (Å²) in [6.45, 7) is 4.59. The van der Waals surface area contributed by atoms with Crippen LogP contribution in [0, 0.1) is 6.92 Å². The Morgan fingerprint density at radius 3 is 3.08 bits per heavy atom. The van der Waals surface area contributed by atoms with E-state index in [1.807, 2.05) is 13.1 Å². The highest BCUT2D eigenvalue weighted by Gasteiger charge is 2.26. The van der Waals surface area contributed by atoms with Crippen molar-refractivity contribution in [1.29, 1.82) is 0 Å². The molecule has 24 heavy (non-hydrogen) atoms. The molecule has 0 spiro atoms. The Morgan fingerprint density at radius 1 is 1.33 bits per heavy atom. The third kappa shape index (κ3) is 3.15. The van der Waals surface area contributed by atoms with E-state index >= 15 is 0 Å². The zero-order valence-electron chi connectivity index (χ0n) is 14.2. The number of aromatic nitrogens is 3. The minimum absolute atomic E-state index is 0.0494. The Morgan fingerprint density at radius 2 is 2.25 bits per heavy atom. The molecule has 1 atom stereocenters. The lowest BCUT2D eigenvalue weighted by Gasteiger charge is -2.24. The molecule has 2 aromatic rings. The number of hydrogen-bond acceptors (Lipinski definition) is 5. The van der Waals surface area contributed by atoms with Crippen molar-refractivity contribution in [2.75, 3.05) is 13.1 Å². The van der Waals surface area contributed by atoms with E-state index in [4.69, 9.17) is 4.42 Å². The first-order valence-corrected chi connectivity index (χ1v) is 8.94. The van der Waals surface area contributed by atoms with Gasteiger partial charge in [-0.25, -0.2) is 9.67 Å². The molecule has 3 heterocycles. The molecule has 0 amide bonds. The second-order valence-electron chi connectivity index (χ2n) is 6.92. The van der Waals surface area contributed by atoms with E-state index in [2.05, 4.69) is 15.0 Å². The molecule has 1 aliphatic carbocycles. The highest BCUT2D eigenvalue weighted by molar-refractivity contribution is 5.22. The average Bonchev–Trinajstić information content (AvgIpc) is 3.27. The first-order valence-electron chi connectivity index (χ1n) is 8.94. The number of rotatable bonds is 5. The fourth-order valence-electron chi connectivity index (χ4n) is 3.94. The summed E-state index contributed by atoms with van der Waals surface area (Å²) in [4.78, 5) is 18.9. The normalized spacial score (nSPS) is 20.6. The van der Waals surface area contributed by atoms with Gasteiger partial charge in [0.15, 0.2) is 5.89 Å². The summed E-state index contributed by atoms with van der Waals surface area (Å²) in [5.41, 5.74) is 2.32. The van der Waals surface area contributed by atoms with Crippen molar-refractivity contribution in [1.82, 2.24) is 19.7 Å². The Hall–Kier alpha value is -1.95. The van der Waals surface area contributed by atoms with E-state index in [-0.39, 0.29) is 5.56 Å². The summed E-state index contributed by atoms with van der Waals surface area (Å²) in [5, 5.41) is 4.62. The van der Waals surface area contributed by atoms with Crippen LogP contribution in [0.4, 0.5) is 0 Å². The van der Waals surface area contributed by atoms with Crippen molar-refractivity contribution in [2.45, 2.75) is 58.0 Å². The summed E-state index contributed by atoms with van der Waals surface area (Å²) in [7, 11) is 0. The lowest BCUT2D eigenvalue weighted by atomic mass is 10.2. The molecule has 1 aliphatic heterocycles. The predicted molar refractivity (Wildman–Crippen MR) is 90.1 cm³/mol. The smallest absolute Gasteiger partial charge is 0.267 e. The molecular formula is C18H24N4O2. The van der Waals surface area contributed by atoms with Crippen LogP contribution in [-0.4, -0.2) is 38.8 Å². The predicted octanol–water partition coefficient (Wildman–Crippen LogP) is 1.74. The number of nitrogens with zero attached hydrogens (tertiary/aromatic N) is 4. The highest BCUT2D eigenvalue weighted by Crippen LogP contribution is 2.20. The Balaban J connectivity index is 1.43. The van der Waals surface area contributed by atoms with Crippen LogP contribution in [0.5, 0.6) is 0 Å². The molecule has 128 valence electrons. The van der Waals surface area contributed by atoms with Crippen molar-refractivity contribution < 1.29 is 4.42 Å². The fraction of sp³-hybridized carbons (Fsp3) is 0.611. The van der Waals surface area contributed by atoms with Crippen LogP contribution >= 0.6 is 0 Å². The topological polar surface area (TPSA) is 64.2 Å². The van der Waals surface area contributed by atoms with Gasteiger partial charge in [-0.3, -0.25) is 9.69 Å². The first-order chi connectivity index (χ1) is 11.7. The van der Waals surface area contributed by atoms with Gasteiger partial charge >= 0.3 is 0 Å². The van der Waals surface area contributed by atoms with Crippen LogP contribution in [0.3, 0.4) is 0 Å². The standard InChI is InChI=1S/C18H24N4O2/c1-13-19-11-16(24-13)7-9-21-8-3-5-15(21)12-22-18(23)10-14-4-2-6-17(14)20-22/h10-11,15H,2-9,12H2,1H3. The Labute approximate surface area is 141 Å². The number of likely N-dealkylation sites (tertiary alicyclic amines) is 1. The maximum atomic E-state index is 12.3. The van der Waals surface area contributed by atoms with Gasteiger partial charge in [0, 0.05) is 32.0 Å². The maximum Gasteiger partial charge on any atom is 0.267 e. The number of fused-ring (bicyclic) bond motifs is 1. The second kappa shape index (κ2) is 6.51. The minimum atomic E-state index is 0.0494. The van der Waals surface area contributed by atoms with E-state index < -0.39 is 0 Å². The molecule has 0 radical (unpaired) electrons. The van der Waals surface area contributed by atoms with E-state index in [0.29, 0.717) is 12.6 Å². The van der Waals surface area contributed by atoms with Gasteiger partial charge in [0.1, 0.15) is 5.76 Å². The van der Waals surface area contributed by atoms with Crippen LogP contribution < -0.4 is 5.56 Å². The fourth-order valence-corrected chi connectivity index (χ4v) is 3.94. The second-order valence-corrected chi connectivity index (χ2v) is 6.92. The molecule has 0 N–H and O–H groups in total. The quantitative estimate of drug-likeness (QED) is 0.836. The molecule has 0 aromatic carbocycles. The molecule has 0 saturated carbocycles. The van der Waals surface area contributed by atoms with Gasteiger partial charge in [-0.05, 0) is 44.2 Å². The summed E-state index contributed by atoms with van der Waals surface area (Å²) in [6, 6.07) is 2.19. The van der Waals surface area contributed by atoms with Crippen LogP contribution in [0.15, 0.2) is 21.5 Å². The van der Waals surface area contributed by atoms with Crippen LogP contribution in [0.25, 0.3) is 0 Å². The highest BCUT2D eigenvalue weighted by atomic mass is 16.4. The lowest BCUT2D eigenvalue weighted by Crippen LogP contribution is -2.38. The van der Waals surface area contributed by atoms with Crippen molar-refractivity contribution in [3.05, 3.63) is 45.5 Å². The molecule has 1 unspecified atom stereocenters. The van der Waals surface area contributed by atoms with Crippen LogP contribution in [0.2, 0.25) is 0 Å². The van der Waals surface area contributed by atoms with E-state index in [1.54, 1.807) is 10.7 Å². The molecule has 6 nitrogen and oxygen atoms in total. The van der Waals surface area contributed by atoms with Gasteiger partial charge in [0.25, 0.3) is 5.56 Å². The molecule has 4 rings (SSSR count). The lowest BCUT2D eigenvalue weighted by molar-refractivity contribution is 0.222. The zero-order valence-corrected chi connectivity index (χ0v) is 14.2. The van der Waals surface area contributed by atoms with Crippen LogP contribution in [0.1, 0.15) is 42.2 Å². The molecule has 2 aromatic heterocycles. The molecule has 0 bridgehead atoms. The summed E-state index contributed by atoms with van der Waals surface area (Å²) in [5.74, 6) is 1.66. The summed E-state index contributed by atoms with van der Waals surface area (Å²) in [6.07, 6.45) is 8.12. The molecule has 1 fully saturated rings. The van der Waals surface area contributed by atoms with Gasteiger partial charge in [0.05, 0.1) is 18.4 Å². The number of oxazole rings is 1. The van der Waals surface area contributed by atoms with Crippen molar-refractivity contribution in [3.8, 4) is 0 Å². The van der Waals surface area contributed by atoms with Gasteiger partial charge < -0.3 is 4.42 Å². The van der Waals surface area contributed by atoms with E-state index in [9.17, 15) is 4.79 Å². The maximum absolute atomic E-state index is 12.3. The summed E-state index contributed by atoms with van der Waals surface area (Å²) >= 11 is 0. The summed E-state index contributed by atoms with van der Waals surface area (Å²) < 4.78 is 7.25. The average molecular weight is 328 g/mol. The molecular weight excluding hydrogens is 304 g/mol. The van der Waals surface area contributed by atoms with Crippen LogP contribution in [-0.2, 0) is 25.8 Å². The third-order valence-corrected chi connectivity index (χ3v) is 5.22. The molecule has 6 heteroatoms. The number of aryl methyl sites for hydroxylation is 3. The zero-order chi connectivity index (χ0) is 16.5. The van der Waals surface area contributed by atoms with Gasteiger partial charge in [-0.15, -0.1) is 0 Å². The monoisotopic (exact) mass is 328 g/mol. The van der Waals surface area contributed by atoms with E-state index in [1.165, 1.54) is 6.42 Å². The first kappa shape index (κ1) is 15.6. The van der Waals surface area contributed by atoms with Crippen molar-refractivity contribution >= 4 is 0 Å². The van der Waals surface area contributed by atoms with E-state index in [0.717, 1.165) is 68.1 Å². The number of hydrogen-bond donors (Lipinski definition) is 0. The van der Waals surface area contributed by atoms with Crippen molar-refractivity contribution in [3.63, 3.8) is 0 Å². The minimum Gasteiger partial charge on any atom is -0.446 e. The largest absolute Gasteiger partial charge is 0.446 e. The van der Waals surface area contributed by atoms with Crippen molar-refractivity contribution in [2.24, 2.45) is 0 Å². The SMILES string of the molecule is Cc1ncc(CCN2CCCC2Cn2nc3c(cc2=O)CCC3)o1. The Bertz CT molecular complexity index is 780. The van der Waals surface area contributed by atoms with Gasteiger partial charge in [0.2, 0.25) is 0 Å². The van der Waals surface area contributed by atoms with Gasteiger partial charge in [-0.2, -0.15) is 5.10 Å².